The highest BCUT2D eigenvalue weighted by Gasteiger charge is 2.47. The van der Waals surface area contributed by atoms with Gasteiger partial charge < -0.3 is 20.7 Å². The molecule has 1 saturated heterocycles. The van der Waals surface area contributed by atoms with Gasteiger partial charge in [-0.3, -0.25) is 48.5 Å². The lowest BCUT2D eigenvalue weighted by molar-refractivity contribution is -0.154. The SMILES string of the molecule is O=CC(=O)C(=O)C(=O)C(=O)C(=O)C(=O)C(=O)NCC1(CNC(=O)OCc2ccccc2)NC(=O)NC1=O. The number of hydrogen-bond donors (Lipinski definition) is 4. The van der Waals surface area contributed by atoms with E-state index >= 15 is 0 Å². The van der Waals surface area contributed by atoms with Gasteiger partial charge in [0.2, 0.25) is 0 Å². The first-order chi connectivity index (χ1) is 17.4. The molecular formula is C21H16N4O12. The molecule has 192 valence electrons. The Labute approximate surface area is 205 Å². The van der Waals surface area contributed by atoms with Crippen molar-refractivity contribution in [3.8, 4) is 0 Å². The number of ether oxygens (including phenoxy) is 1. The Bertz CT molecular complexity index is 1240. The fraction of sp³-hybridized carbons (Fsp3) is 0.190. The third kappa shape index (κ3) is 6.81. The zero-order valence-electron chi connectivity index (χ0n) is 18.5. The largest absolute Gasteiger partial charge is 0.445 e. The first-order valence-electron chi connectivity index (χ1n) is 9.99. The molecule has 0 aromatic heterocycles. The molecule has 0 spiro atoms. The number of urea groups is 1. The molecule has 0 radical (unpaired) electrons. The molecule has 16 heteroatoms. The van der Waals surface area contributed by atoms with Gasteiger partial charge in [-0.1, -0.05) is 30.3 Å². The number of carbonyl (C=O) groups is 11. The van der Waals surface area contributed by atoms with Gasteiger partial charge in [0.05, 0.1) is 13.1 Å². The number of benzene rings is 1. The summed E-state index contributed by atoms with van der Waals surface area (Å²) in [6, 6.07) is 7.45. The standard InChI is InChI=1S/C21H16N4O12/c26-6-11(27)12(28)13(29)14(30)15(31)16(32)17(33)22-8-21(18(34)24-19(35)25-21)9-23-20(36)37-7-10-4-2-1-3-5-10/h1-6H,7-9H2,(H,22,33)(H,23,36)(H2,24,25,34,35). The molecule has 37 heavy (non-hydrogen) atoms. The third-order valence-electron chi connectivity index (χ3n) is 4.67. The highest BCUT2D eigenvalue weighted by atomic mass is 16.5. The molecule has 0 saturated carbocycles. The maximum atomic E-state index is 12.3. The molecule has 1 heterocycles. The summed E-state index contributed by atoms with van der Waals surface area (Å²) >= 11 is 0. The molecule has 2 rings (SSSR count). The zero-order valence-corrected chi connectivity index (χ0v) is 18.5. The van der Waals surface area contributed by atoms with Crippen LogP contribution in [0.1, 0.15) is 5.56 Å². The van der Waals surface area contributed by atoms with Crippen molar-refractivity contribution in [2.45, 2.75) is 12.1 Å². The molecule has 1 aromatic carbocycles. The minimum Gasteiger partial charge on any atom is -0.445 e. The fourth-order valence-corrected chi connectivity index (χ4v) is 2.73. The Morgan fingerprint density at radius 1 is 0.811 bits per heavy atom. The molecule has 1 aliphatic heterocycles. The van der Waals surface area contributed by atoms with Crippen LogP contribution in [0.5, 0.6) is 0 Å². The van der Waals surface area contributed by atoms with E-state index in [0.717, 1.165) is 0 Å². The summed E-state index contributed by atoms with van der Waals surface area (Å²) in [5.74, 6) is -16.1. The highest BCUT2D eigenvalue weighted by molar-refractivity contribution is 6.97. The van der Waals surface area contributed by atoms with E-state index in [9.17, 15) is 52.7 Å². The Balaban J connectivity index is 2.01. The van der Waals surface area contributed by atoms with E-state index in [1.165, 1.54) is 0 Å². The van der Waals surface area contributed by atoms with E-state index in [1.807, 2.05) is 5.32 Å². The molecule has 16 nitrogen and oxygen atoms in total. The smallest absolute Gasteiger partial charge is 0.407 e. The van der Waals surface area contributed by atoms with Crippen molar-refractivity contribution in [2.75, 3.05) is 13.1 Å². The van der Waals surface area contributed by atoms with Crippen LogP contribution >= 0.6 is 0 Å². The fourth-order valence-electron chi connectivity index (χ4n) is 2.73. The Hall–Kier alpha value is -5.41. The van der Waals surface area contributed by atoms with E-state index in [0.29, 0.717) is 5.56 Å². The van der Waals surface area contributed by atoms with Crippen LogP contribution in [0.2, 0.25) is 0 Å². The molecule has 1 fully saturated rings. The molecular weight excluding hydrogens is 500 g/mol. The lowest BCUT2D eigenvalue weighted by Crippen LogP contribution is -2.62. The van der Waals surface area contributed by atoms with E-state index < -0.39 is 83.6 Å². The quantitative estimate of drug-likeness (QED) is 0.0854. The van der Waals surface area contributed by atoms with Crippen LogP contribution < -0.4 is 21.3 Å². The minimum atomic E-state index is -2.34. The molecule has 0 aliphatic carbocycles. The predicted octanol–water partition coefficient (Wildman–Crippen LogP) is -3.78. The van der Waals surface area contributed by atoms with Crippen LogP contribution in [0.3, 0.4) is 0 Å². The normalized spacial score (nSPS) is 15.9. The second kappa shape index (κ2) is 11.8. The topological polar surface area (TPSA) is 245 Å². The van der Waals surface area contributed by atoms with Gasteiger partial charge >= 0.3 is 12.1 Å². The van der Waals surface area contributed by atoms with E-state index in [-0.39, 0.29) is 6.61 Å². The molecule has 1 atom stereocenters. The first kappa shape index (κ1) is 27.8. The summed E-state index contributed by atoms with van der Waals surface area (Å²) in [4.78, 5) is 127. The number of aldehydes is 1. The number of alkyl carbamates (subject to hydrolysis) is 1. The van der Waals surface area contributed by atoms with Crippen molar-refractivity contribution in [3.05, 3.63) is 35.9 Å². The zero-order chi connectivity index (χ0) is 27.8. The summed E-state index contributed by atoms with van der Waals surface area (Å²) in [5, 5.41) is 7.95. The highest BCUT2D eigenvalue weighted by Crippen LogP contribution is 2.09. The average Bonchev–Trinajstić information content (AvgIpc) is 3.19. The van der Waals surface area contributed by atoms with Crippen molar-refractivity contribution in [3.63, 3.8) is 0 Å². The number of imide groups is 1. The summed E-state index contributed by atoms with van der Waals surface area (Å²) in [5.41, 5.74) is -1.42. The van der Waals surface area contributed by atoms with E-state index in [2.05, 4.69) is 10.6 Å². The monoisotopic (exact) mass is 516 g/mol. The molecule has 1 aliphatic rings. The van der Waals surface area contributed by atoms with E-state index in [1.54, 1.807) is 35.6 Å². The predicted molar refractivity (Wildman–Crippen MR) is 113 cm³/mol. The van der Waals surface area contributed by atoms with Gasteiger partial charge in [-0.15, -0.1) is 0 Å². The molecule has 5 amide bonds. The molecule has 1 unspecified atom stereocenters. The van der Waals surface area contributed by atoms with Gasteiger partial charge in [-0.05, 0) is 5.56 Å². The average molecular weight is 516 g/mol. The van der Waals surface area contributed by atoms with E-state index in [4.69, 9.17) is 4.74 Å². The lowest BCUT2D eigenvalue weighted by atomic mass is 9.99. The number of amides is 5. The summed E-state index contributed by atoms with van der Waals surface area (Å²) in [6.45, 7) is -1.70. The summed E-state index contributed by atoms with van der Waals surface area (Å²) < 4.78 is 4.96. The van der Waals surface area contributed by atoms with Crippen LogP contribution in [0, 0.1) is 0 Å². The van der Waals surface area contributed by atoms with Gasteiger partial charge in [0.15, 0.2) is 11.8 Å². The maximum Gasteiger partial charge on any atom is 0.407 e. The van der Waals surface area contributed by atoms with Crippen LogP contribution in [0.25, 0.3) is 0 Å². The molecule has 0 bridgehead atoms. The van der Waals surface area contributed by atoms with Crippen molar-refractivity contribution in [1.29, 1.82) is 0 Å². The Kier molecular flexibility index (Phi) is 8.90. The summed E-state index contributed by atoms with van der Waals surface area (Å²) in [6.07, 6.45) is -1.62. The Morgan fingerprint density at radius 2 is 1.38 bits per heavy atom. The second-order valence-electron chi connectivity index (χ2n) is 7.22. The van der Waals surface area contributed by atoms with Gasteiger partial charge in [0, 0.05) is 0 Å². The minimum absolute atomic E-state index is 0.140. The number of Topliss-reactive ketones (excluding diaryl/α,β-unsaturated/α-hetero) is 6. The lowest BCUT2D eigenvalue weighted by Gasteiger charge is -2.26. The van der Waals surface area contributed by atoms with Gasteiger partial charge in [-0.2, -0.15) is 0 Å². The number of rotatable bonds is 13. The number of hydrogen-bond acceptors (Lipinski definition) is 12. The van der Waals surface area contributed by atoms with Crippen molar-refractivity contribution in [1.82, 2.24) is 21.3 Å². The number of nitrogens with one attached hydrogen (secondary N) is 4. The van der Waals surface area contributed by atoms with Gasteiger partial charge in [-0.25, -0.2) is 9.59 Å². The van der Waals surface area contributed by atoms with Crippen LogP contribution in [-0.4, -0.2) is 83.6 Å². The number of ketones is 6. The van der Waals surface area contributed by atoms with Crippen LogP contribution in [0.15, 0.2) is 30.3 Å². The number of carbonyl (C=O) groups excluding carboxylic acids is 11. The van der Waals surface area contributed by atoms with Crippen molar-refractivity contribution >= 4 is 64.9 Å². The van der Waals surface area contributed by atoms with Crippen molar-refractivity contribution in [2.24, 2.45) is 0 Å². The van der Waals surface area contributed by atoms with Gasteiger partial charge in [0.25, 0.3) is 46.5 Å². The summed E-state index contributed by atoms with van der Waals surface area (Å²) in [7, 11) is 0. The van der Waals surface area contributed by atoms with Crippen molar-refractivity contribution < 1.29 is 57.5 Å². The van der Waals surface area contributed by atoms with Crippen LogP contribution in [0.4, 0.5) is 9.59 Å². The van der Waals surface area contributed by atoms with Gasteiger partial charge in [0.1, 0.15) is 6.61 Å². The first-order valence-corrected chi connectivity index (χ1v) is 9.99. The molecule has 1 aromatic rings. The van der Waals surface area contributed by atoms with Crippen LogP contribution in [-0.2, 0) is 54.5 Å². The third-order valence-corrected chi connectivity index (χ3v) is 4.67. The maximum absolute atomic E-state index is 12.3. The second-order valence-corrected chi connectivity index (χ2v) is 7.22. The Morgan fingerprint density at radius 3 is 1.95 bits per heavy atom. The molecule has 4 N–H and O–H groups in total.